The fraction of sp³-hybridized carbons (Fsp3) is 0. The van der Waals surface area contributed by atoms with Crippen LogP contribution in [-0.4, -0.2) is 15.0 Å². The van der Waals surface area contributed by atoms with Crippen molar-refractivity contribution in [2.45, 2.75) is 0 Å². The standard InChI is InChI=1S/C47H27N3S2/c1-2-11-31-26-32(25-20-28(31)10-1)39-27-40(36-16-9-15-34-33-12-4-7-18-41(33)51-45(34)36)50-47(49-39)30-23-21-29(22-24-30)44-46-43(35-13-3-6-17-38(35)48-44)37-14-5-8-19-42(37)52-46/h1-27H. The predicted octanol–water partition coefficient (Wildman–Crippen LogP) is 13.6. The van der Waals surface area contributed by atoms with E-state index in [0.29, 0.717) is 5.82 Å². The van der Waals surface area contributed by atoms with E-state index in [1.54, 1.807) is 0 Å². The van der Waals surface area contributed by atoms with Crippen molar-refractivity contribution in [3.8, 4) is 45.2 Å². The number of nitrogens with zero attached hydrogens (tertiary/aromatic N) is 3. The summed E-state index contributed by atoms with van der Waals surface area (Å²) in [6.07, 6.45) is 0. The van der Waals surface area contributed by atoms with Gasteiger partial charge in [-0.1, -0.05) is 133 Å². The molecule has 0 N–H and O–H groups in total. The lowest BCUT2D eigenvalue weighted by Gasteiger charge is -2.12. The van der Waals surface area contributed by atoms with Crippen LogP contribution in [0.25, 0.3) is 107 Å². The van der Waals surface area contributed by atoms with Gasteiger partial charge >= 0.3 is 0 Å². The van der Waals surface area contributed by atoms with Gasteiger partial charge in [0.2, 0.25) is 0 Å². The molecule has 11 aromatic rings. The molecule has 0 fully saturated rings. The summed E-state index contributed by atoms with van der Waals surface area (Å²) in [5.74, 6) is 0.698. The molecule has 0 bridgehead atoms. The van der Waals surface area contributed by atoms with Crippen LogP contribution in [-0.2, 0) is 0 Å². The molecule has 0 aliphatic rings. The Labute approximate surface area is 307 Å². The highest BCUT2D eigenvalue weighted by Gasteiger charge is 2.18. The fourth-order valence-corrected chi connectivity index (χ4v) is 10.0. The van der Waals surface area contributed by atoms with Crippen LogP contribution in [0.3, 0.4) is 0 Å². The number of hydrogen-bond donors (Lipinski definition) is 0. The summed E-state index contributed by atoms with van der Waals surface area (Å²) in [7, 11) is 0. The molecule has 11 rings (SSSR count). The average molecular weight is 698 g/mol. The monoisotopic (exact) mass is 697 g/mol. The van der Waals surface area contributed by atoms with E-state index in [-0.39, 0.29) is 0 Å². The highest BCUT2D eigenvalue weighted by atomic mass is 32.1. The van der Waals surface area contributed by atoms with Gasteiger partial charge < -0.3 is 0 Å². The predicted molar refractivity (Wildman–Crippen MR) is 222 cm³/mol. The van der Waals surface area contributed by atoms with Crippen LogP contribution in [0, 0.1) is 0 Å². The van der Waals surface area contributed by atoms with Gasteiger partial charge in [-0.3, -0.25) is 0 Å². The molecular weight excluding hydrogens is 671 g/mol. The van der Waals surface area contributed by atoms with Crippen molar-refractivity contribution in [3.05, 3.63) is 164 Å². The molecular formula is C47H27N3S2. The largest absolute Gasteiger partial charge is 0.246 e. The van der Waals surface area contributed by atoms with Crippen LogP contribution >= 0.6 is 22.7 Å². The van der Waals surface area contributed by atoms with Gasteiger partial charge in [0.25, 0.3) is 0 Å². The van der Waals surface area contributed by atoms with Crippen molar-refractivity contribution in [1.82, 2.24) is 15.0 Å². The molecule has 0 spiro atoms. The molecule has 0 saturated carbocycles. The van der Waals surface area contributed by atoms with E-state index in [1.807, 2.05) is 22.7 Å². The summed E-state index contributed by atoms with van der Waals surface area (Å²) in [6.45, 7) is 0. The summed E-state index contributed by atoms with van der Waals surface area (Å²) < 4.78 is 5.00. The molecule has 0 saturated heterocycles. The maximum absolute atomic E-state index is 5.29. The lowest BCUT2D eigenvalue weighted by Crippen LogP contribution is -1.96. The molecule has 4 heterocycles. The Kier molecular flexibility index (Phi) is 6.59. The van der Waals surface area contributed by atoms with Crippen LogP contribution in [0.15, 0.2) is 164 Å². The van der Waals surface area contributed by atoms with Crippen molar-refractivity contribution in [2.75, 3.05) is 0 Å². The fourth-order valence-electron chi connectivity index (χ4n) is 7.57. The Hall–Kier alpha value is -6.27. The summed E-state index contributed by atoms with van der Waals surface area (Å²) in [5, 5.41) is 8.67. The molecule has 5 heteroatoms. The third kappa shape index (κ3) is 4.67. The average Bonchev–Trinajstić information content (AvgIpc) is 3.80. The van der Waals surface area contributed by atoms with Crippen molar-refractivity contribution in [1.29, 1.82) is 0 Å². The Morgan fingerprint density at radius 2 is 1.02 bits per heavy atom. The molecule has 52 heavy (non-hydrogen) atoms. The third-order valence-electron chi connectivity index (χ3n) is 10.1. The van der Waals surface area contributed by atoms with Gasteiger partial charge in [0.15, 0.2) is 5.82 Å². The van der Waals surface area contributed by atoms with Crippen LogP contribution in [0.5, 0.6) is 0 Å². The van der Waals surface area contributed by atoms with Crippen molar-refractivity contribution >= 4 is 84.7 Å². The first-order valence-electron chi connectivity index (χ1n) is 17.3. The minimum absolute atomic E-state index is 0.698. The second kappa shape index (κ2) is 11.6. The van der Waals surface area contributed by atoms with Crippen molar-refractivity contribution < 1.29 is 0 Å². The van der Waals surface area contributed by atoms with Gasteiger partial charge in [0.1, 0.15) is 0 Å². The van der Waals surface area contributed by atoms with Crippen LogP contribution in [0.2, 0.25) is 0 Å². The minimum atomic E-state index is 0.698. The second-order valence-electron chi connectivity index (χ2n) is 13.2. The number of benzene rings is 7. The van der Waals surface area contributed by atoms with Crippen molar-refractivity contribution in [3.63, 3.8) is 0 Å². The smallest absolute Gasteiger partial charge is 0.160 e. The Morgan fingerprint density at radius 3 is 1.88 bits per heavy atom. The number of hydrogen-bond acceptors (Lipinski definition) is 5. The Balaban J connectivity index is 1.09. The van der Waals surface area contributed by atoms with Gasteiger partial charge in [0, 0.05) is 63.3 Å². The molecule has 4 aromatic heterocycles. The van der Waals surface area contributed by atoms with Crippen LogP contribution in [0.1, 0.15) is 0 Å². The molecule has 0 radical (unpaired) electrons. The SMILES string of the molecule is c1ccc2cc(-c3cc(-c4cccc5c4sc4ccccc45)nc(-c4ccc(-c5nc6ccccc6c6c5sc5ccccc56)cc4)n3)ccc2c1. The van der Waals surface area contributed by atoms with Gasteiger partial charge in [0.05, 0.1) is 27.3 Å². The first kappa shape index (κ1) is 29.5. The minimum Gasteiger partial charge on any atom is -0.246 e. The van der Waals surface area contributed by atoms with E-state index in [2.05, 4.69) is 164 Å². The van der Waals surface area contributed by atoms with Gasteiger partial charge in [-0.15, -0.1) is 22.7 Å². The van der Waals surface area contributed by atoms with E-state index in [0.717, 1.165) is 44.9 Å². The number of rotatable bonds is 4. The molecule has 242 valence electrons. The van der Waals surface area contributed by atoms with Crippen molar-refractivity contribution in [2.24, 2.45) is 0 Å². The Morgan fingerprint density at radius 1 is 0.385 bits per heavy atom. The summed E-state index contributed by atoms with van der Waals surface area (Å²) in [6, 6.07) is 58.2. The Bertz CT molecular complexity index is 3190. The maximum atomic E-state index is 5.29. The number of fused-ring (bicyclic) bond motifs is 9. The summed E-state index contributed by atoms with van der Waals surface area (Å²) in [4.78, 5) is 15.7. The summed E-state index contributed by atoms with van der Waals surface area (Å²) in [5.41, 5.74) is 8.04. The number of para-hydroxylation sites is 1. The normalized spacial score (nSPS) is 11.8. The number of pyridine rings is 1. The quantitative estimate of drug-likeness (QED) is 0.184. The van der Waals surface area contributed by atoms with Gasteiger partial charge in [-0.25, -0.2) is 15.0 Å². The molecule has 0 atom stereocenters. The maximum Gasteiger partial charge on any atom is 0.160 e. The lowest BCUT2D eigenvalue weighted by molar-refractivity contribution is 1.19. The molecule has 0 unspecified atom stereocenters. The molecule has 0 aliphatic carbocycles. The van der Waals surface area contributed by atoms with E-state index in [9.17, 15) is 0 Å². The zero-order chi connectivity index (χ0) is 34.2. The van der Waals surface area contributed by atoms with E-state index in [1.165, 1.54) is 56.5 Å². The van der Waals surface area contributed by atoms with Crippen LogP contribution < -0.4 is 0 Å². The number of thiophene rings is 2. The first-order valence-corrected chi connectivity index (χ1v) is 19.0. The zero-order valence-corrected chi connectivity index (χ0v) is 29.4. The zero-order valence-electron chi connectivity index (χ0n) is 27.7. The summed E-state index contributed by atoms with van der Waals surface area (Å²) >= 11 is 3.64. The topological polar surface area (TPSA) is 38.7 Å². The highest BCUT2D eigenvalue weighted by Crippen LogP contribution is 2.44. The van der Waals surface area contributed by atoms with E-state index >= 15 is 0 Å². The molecule has 3 nitrogen and oxygen atoms in total. The van der Waals surface area contributed by atoms with E-state index < -0.39 is 0 Å². The highest BCUT2D eigenvalue weighted by molar-refractivity contribution is 7.26. The lowest BCUT2D eigenvalue weighted by atomic mass is 10.0. The molecule has 7 aromatic carbocycles. The van der Waals surface area contributed by atoms with Gasteiger partial charge in [-0.05, 0) is 41.1 Å². The molecule has 0 aliphatic heterocycles. The molecule has 0 amide bonds. The van der Waals surface area contributed by atoms with E-state index in [4.69, 9.17) is 15.0 Å². The third-order valence-corrected chi connectivity index (χ3v) is 12.5. The van der Waals surface area contributed by atoms with Gasteiger partial charge in [-0.2, -0.15) is 0 Å². The second-order valence-corrected chi connectivity index (χ2v) is 15.3. The first-order chi connectivity index (χ1) is 25.7. The van der Waals surface area contributed by atoms with Crippen LogP contribution in [0.4, 0.5) is 0 Å². The number of aromatic nitrogens is 3.